The second-order valence-electron chi connectivity index (χ2n) is 9.77. The zero-order chi connectivity index (χ0) is 22.7. The number of aryl methyl sites for hydroxylation is 2. The molecule has 2 aliphatic carbocycles. The number of aliphatic hydroxyl groups excluding tert-OH is 1. The van der Waals surface area contributed by atoms with Gasteiger partial charge in [-0.15, -0.1) is 0 Å². The first-order valence-corrected chi connectivity index (χ1v) is 11.7. The summed E-state index contributed by atoms with van der Waals surface area (Å²) in [5, 5.41) is 24.9. The Bertz CT molecular complexity index is 1200. The molecule has 3 N–H and O–H groups in total. The standard InChI is InChI=1S/C24H29N7O2/c1-13-15(3-6-21(26-13)30-9-16-7-17(10-30)23(16)32)11-31-12-18(8-25-31)24(33)27-20-5-4-19-14(2)28-29-22(19)20/h3,6,8,12,16-17,20,23,32H,4-5,7,9-11H2,1-2H3,(H,27,33)(H,28,29). The topological polar surface area (TPSA) is 112 Å². The van der Waals surface area contributed by atoms with E-state index in [0.29, 0.717) is 23.9 Å². The van der Waals surface area contributed by atoms with Crippen molar-refractivity contribution in [1.29, 1.82) is 0 Å². The zero-order valence-corrected chi connectivity index (χ0v) is 19.0. The molecule has 3 atom stereocenters. The van der Waals surface area contributed by atoms with Crippen molar-refractivity contribution < 1.29 is 9.90 Å². The number of nitrogens with one attached hydrogen (secondary N) is 2. The normalized spacial score (nSPS) is 25.6. The van der Waals surface area contributed by atoms with Crippen LogP contribution in [0, 0.1) is 25.7 Å². The lowest BCUT2D eigenvalue weighted by Crippen LogP contribution is -2.58. The smallest absolute Gasteiger partial charge is 0.255 e. The van der Waals surface area contributed by atoms with Crippen LogP contribution in [-0.2, 0) is 13.0 Å². The molecule has 2 aliphatic heterocycles. The number of aromatic amines is 1. The number of pyridine rings is 1. The Morgan fingerprint density at radius 2 is 2.09 bits per heavy atom. The fraction of sp³-hybridized carbons (Fsp3) is 0.500. The van der Waals surface area contributed by atoms with Gasteiger partial charge in [-0.1, -0.05) is 6.07 Å². The molecule has 3 aromatic rings. The van der Waals surface area contributed by atoms with Gasteiger partial charge in [-0.2, -0.15) is 10.2 Å². The van der Waals surface area contributed by atoms with Gasteiger partial charge in [-0.25, -0.2) is 4.98 Å². The van der Waals surface area contributed by atoms with Crippen molar-refractivity contribution in [2.75, 3.05) is 18.0 Å². The van der Waals surface area contributed by atoms with Crippen LogP contribution in [0.25, 0.3) is 0 Å². The number of hydrogen-bond donors (Lipinski definition) is 3. The molecule has 5 heterocycles. The van der Waals surface area contributed by atoms with Crippen molar-refractivity contribution in [2.24, 2.45) is 11.8 Å². The molecule has 1 saturated carbocycles. The van der Waals surface area contributed by atoms with E-state index in [1.165, 1.54) is 5.56 Å². The Morgan fingerprint density at radius 3 is 2.85 bits per heavy atom. The lowest BCUT2D eigenvalue weighted by atomic mass is 9.68. The second kappa shape index (κ2) is 7.69. The summed E-state index contributed by atoms with van der Waals surface area (Å²) in [7, 11) is 0. The zero-order valence-electron chi connectivity index (χ0n) is 19.0. The van der Waals surface area contributed by atoms with Crippen LogP contribution < -0.4 is 10.2 Å². The van der Waals surface area contributed by atoms with Gasteiger partial charge in [0.1, 0.15) is 5.82 Å². The van der Waals surface area contributed by atoms with Crippen molar-refractivity contribution in [3.63, 3.8) is 0 Å². The van der Waals surface area contributed by atoms with E-state index in [1.807, 2.05) is 13.8 Å². The number of carbonyl (C=O) groups is 1. The predicted octanol–water partition coefficient (Wildman–Crippen LogP) is 1.90. The SMILES string of the molecule is Cc1nc(N2CC3CC(C2)C3O)ccc1Cn1cc(C(=O)NC2CCc3c2n[nH]c3C)cn1. The van der Waals surface area contributed by atoms with Gasteiger partial charge in [0.2, 0.25) is 0 Å². The van der Waals surface area contributed by atoms with E-state index in [1.54, 1.807) is 17.1 Å². The maximum absolute atomic E-state index is 12.8. The molecule has 4 aliphatic rings. The molecule has 3 fully saturated rings. The van der Waals surface area contributed by atoms with E-state index in [9.17, 15) is 9.90 Å². The van der Waals surface area contributed by atoms with E-state index in [-0.39, 0.29) is 18.1 Å². The monoisotopic (exact) mass is 447 g/mol. The van der Waals surface area contributed by atoms with E-state index in [4.69, 9.17) is 4.98 Å². The third-order valence-electron chi connectivity index (χ3n) is 7.64. The number of carbonyl (C=O) groups excluding carboxylic acids is 1. The molecular formula is C24H29N7O2. The van der Waals surface area contributed by atoms with Gasteiger partial charge in [0.15, 0.2) is 0 Å². The van der Waals surface area contributed by atoms with Gasteiger partial charge in [0.05, 0.1) is 36.1 Å². The summed E-state index contributed by atoms with van der Waals surface area (Å²) in [6, 6.07) is 4.09. The summed E-state index contributed by atoms with van der Waals surface area (Å²) in [5.41, 5.74) is 5.84. The second-order valence-corrected chi connectivity index (χ2v) is 9.77. The van der Waals surface area contributed by atoms with Crippen molar-refractivity contribution in [3.8, 4) is 0 Å². The van der Waals surface area contributed by atoms with Crippen molar-refractivity contribution >= 4 is 11.7 Å². The molecule has 3 aromatic heterocycles. The molecule has 1 amide bonds. The number of amides is 1. The number of nitrogens with zero attached hydrogens (tertiary/aromatic N) is 5. The lowest BCUT2D eigenvalue weighted by Gasteiger charge is -2.51. The van der Waals surface area contributed by atoms with Gasteiger partial charge in [-0.05, 0) is 50.3 Å². The minimum atomic E-state index is -0.132. The van der Waals surface area contributed by atoms with Gasteiger partial charge >= 0.3 is 0 Å². The van der Waals surface area contributed by atoms with Gasteiger partial charge < -0.3 is 15.3 Å². The molecule has 2 bridgehead atoms. The fourth-order valence-electron chi connectivity index (χ4n) is 5.59. The summed E-state index contributed by atoms with van der Waals surface area (Å²) in [6.07, 6.45) is 6.21. The van der Waals surface area contributed by atoms with Crippen LogP contribution >= 0.6 is 0 Å². The number of hydrogen-bond acceptors (Lipinski definition) is 6. The highest BCUT2D eigenvalue weighted by atomic mass is 16.3. The number of fused-ring (bicyclic) bond motifs is 3. The molecule has 2 saturated heterocycles. The first-order valence-electron chi connectivity index (χ1n) is 11.7. The molecule has 0 radical (unpaired) electrons. The summed E-state index contributed by atoms with van der Waals surface area (Å²) in [4.78, 5) is 19.9. The highest BCUT2D eigenvalue weighted by Crippen LogP contribution is 2.41. The van der Waals surface area contributed by atoms with Crippen molar-refractivity contribution in [3.05, 3.63) is 58.3 Å². The molecule has 0 aromatic carbocycles. The molecule has 0 spiro atoms. The highest BCUT2D eigenvalue weighted by molar-refractivity contribution is 5.94. The minimum Gasteiger partial charge on any atom is -0.392 e. The number of anilines is 1. The van der Waals surface area contributed by atoms with Crippen LogP contribution in [0.2, 0.25) is 0 Å². The molecule has 9 nitrogen and oxygen atoms in total. The number of rotatable bonds is 5. The maximum Gasteiger partial charge on any atom is 0.255 e. The first kappa shape index (κ1) is 20.4. The number of aromatic nitrogens is 5. The third-order valence-corrected chi connectivity index (χ3v) is 7.64. The molecule has 9 heteroatoms. The molecule has 172 valence electrons. The van der Waals surface area contributed by atoms with E-state index in [2.05, 4.69) is 37.6 Å². The van der Waals surface area contributed by atoms with Crippen LogP contribution in [0.4, 0.5) is 5.82 Å². The fourth-order valence-corrected chi connectivity index (χ4v) is 5.59. The van der Waals surface area contributed by atoms with E-state index < -0.39 is 0 Å². The van der Waals surface area contributed by atoms with Crippen molar-refractivity contribution in [1.82, 2.24) is 30.3 Å². The summed E-state index contributed by atoms with van der Waals surface area (Å²) in [5.74, 6) is 1.61. The number of aliphatic hydroxyl groups is 1. The largest absolute Gasteiger partial charge is 0.392 e. The molecule has 7 rings (SSSR count). The lowest BCUT2D eigenvalue weighted by molar-refractivity contribution is -0.0533. The Morgan fingerprint density at radius 1 is 1.27 bits per heavy atom. The predicted molar refractivity (Wildman–Crippen MR) is 122 cm³/mol. The Hall–Kier alpha value is -3.20. The van der Waals surface area contributed by atoms with Crippen LogP contribution in [-0.4, -0.2) is 55.2 Å². The Labute approximate surface area is 192 Å². The number of piperidine rings is 2. The van der Waals surface area contributed by atoms with Crippen LogP contribution in [0.15, 0.2) is 24.5 Å². The molecule has 3 unspecified atom stereocenters. The average Bonchev–Trinajstić information content (AvgIpc) is 3.54. The van der Waals surface area contributed by atoms with E-state index in [0.717, 1.165) is 60.8 Å². The van der Waals surface area contributed by atoms with Crippen LogP contribution in [0.5, 0.6) is 0 Å². The highest BCUT2D eigenvalue weighted by Gasteiger charge is 2.46. The average molecular weight is 448 g/mol. The van der Waals surface area contributed by atoms with Gasteiger partial charge in [-0.3, -0.25) is 14.6 Å². The van der Waals surface area contributed by atoms with E-state index >= 15 is 0 Å². The van der Waals surface area contributed by atoms with Gasteiger partial charge in [0.25, 0.3) is 5.91 Å². The number of H-pyrrole nitrogens is 1. The van der Waals surface area contributed by atoms with Crippen LogP contribution in [0.1, 0.15) is 57.5 Å². The van der Waals surface area contributed by atoms with Gasteiger partial charge in [0, 0.05) is 42.5 Å². The summed E-state index contributed by atoms with van der Waals surface area (Å²) < 4.78 is 1.78. The summed E-state index contributed by atoms with van der Waals surface area (Å²) >= 11 is 0. The summed E-state index contributed by atoms with van der Waals surface area (Å²) in [6.45, 7) is 6.34. The van der Waals surface area contributed by atoms with Crippen molar-refractivity contribution in [2.45, 2.75) is 51.8 Å². The quantitative estimate of drug-likeness (QED) is 0.551. The molecule has 33 heavy (non-hydrogen) atoms. The van der Waals surface area contributed by atoms with Crippen LogP contribution in [0.3, 0.4) is 0 Å². The third kappa shape index (κ3) is 3.51. The Kier molecular flexibility index (Phi) is 4.76. The molecular weight excluding hydrogens is 418 g/mol. The minimum absolute atomic E-state index is 0.0540. The first-order chi connectivity index (χ1) is 16.0. The maximum atomic E-state index is 12.8. The Balaban J connectivity index is 1.10.